The predicted octanol–water partition coefficient (Wildman–Crippen LogP) is -0.556. The zero-order valence-corrected chi connectivity index (χ0v) is 13.7. The molecule has 0 amide bonds. The van der Waals surface area contributed by atoms with Gasteiger partial charge in [-0.25, -0.2) is 0 Å². The minimum absolute atomic E-state index is 0.672. The van der Waals surface area contributed by atoms with Crippen LogP contribution >= 0.6 is 0 Å². The number of esters is 4. The van der Waals surface area contributed by atoms with Crippen LogP contribution in [0.15, 0.2) is 0 Å². The molecule has 1 saturated carbocycles. The van der Waals surface area contributed by atoms with Crippen molar-refractivity contribution in [2.45, 2.75) is 64.6 Å². The smallest absolute Gasteiger partial charge is 0.303 e. The summed E-state index contributed by atoms with van der Waals surface area (Å²) in [6, 6.07) is 0. The van der Waals surface area contributed by atoms with E-state index in [9.17, 15) is 19.2 Å². The zero-order chi connectivity index (χ0) is 17.9. The van der Waals surface area contributed by atoms with Gasteiger partial charge in [-0.15, -0.1) is 0 Å². The maximum absolute atomic E-state index is 11.4. The number of rotatable bonds is 4. The molecule has 1 fully saturated rings. The Hall–Kier alpha value is -2.16. The van der Waals surface area contributed by atoms with Crippen molar-refractivity contribution < 1.29 is 38.1 Å². The van der Waals surface area contributed by atoms with Gasteiger partial charge in [0, 0.05) is 27.7 Å². The summed E-state index contributed by atoms with van der Waals surface area (Å²) >= 11 is 0. The standard InChI is InChI=1S/C14H21NO8/c1-6(16)20-10-11(21-7(2)17)13(23-9(4)19)14(5,15)12(10)22-8(3)18/h10-13H,15H2,1-5H3/t10-,11+,12-,13+,14?. The van der Waals surface area contributed by atoms with Gasteiger partial charge in [-0.05, 0) is 6.92 Å². The number of nitrogens with two attached hydrogens (primary N) is 1. The molecule has 0 spiro atoms. The molecule has 0 aliphatic heterocycles. The van der Waals surface area contributed by atoms with Crippen LogP contribution in [0, 0.1) is 0 Å². The molecule has 9 nitrogen and oxygen atoms in total. The molecule has 0 heterocycles. The molecule has 130 valence electrons. The summed E-state index contributed by atoms with van der Waals surface area (Å²) in [7, 11) is 0. The van der Waals surface area contributed by atoms with Gasteiger partial charge in [0.2, 0.25) is 0 Å². The van der Waals surface area contributed by atoms with Crippen LogP contribution in [0.25, 0.3) is 0 Å². The van der Waals surface area contributed by atoms with E-state index >= 15 is 0 Å². The van der Waals surface area contributed by atoms with E-state index in [0.717, 1.165) is 27.7 Å². The molecule has 0 aromatic rings. The lowest BCUT2D eigenvalue weighted by Gasteiger charge is -2.31. The van der Waals surface area contributed by atoms with Gasteiger partial charge in [0.25, 0.3) is 0 Å². The highest BCUT2D eigenvalue weighted by Crippen LogP contribution is 2.37. The number of hydrogen-bond donors (Lipinski definition) is 1. The van der Waals surface area contributed by atoms with Crippen molar-refractivity contribution in [2.24, 2.45) is 5.73 Å². The third kappa shape index (κ3) is 4.41. The molecular formula is C14H21NO8. The molecule has 1 aliphatic rings. The fourth-order valence-electron chi connectivity index (χ4n) is 2.60. The van der Waals surface area contributed by atoms with Crippen molar-refractivity contribution in [2.75, 3.05) is 0 Å². The van der Waals surface area contributed by atoms with Crippen molar-refractivity contribution >= 4 is 23.9 Å². The van der Waals surface area contributed by atoms with E-state index in [1.165, 1.54) is 6.92 Å². The Morgan fingerprint density at radius 1 is 0.696 bits per heavy atom. The first-order chi connectivity index (χ1) is 10.5. The summed E-state index contributed by atoms with van der Waals surface area (Å²) in [6.45, 7) is 6.04. The molecule has 2 N–H and O–H groups in total. The van der Waals surface area contributed by atoms with Crippen LogP contribution < -0.4 is 5.73 Å². The van der Waals surface area contributed by atoms with Crippen LogP contribution in [0.3, 0.4) is 0 Å². The van der Waals surface area contributed by atoms with Gasteiger partial charge in [-0.1, -0.05) is 0 Å². The van der Waals surface area contributed by atoms with Crippen molar-refractivity contribution in [3.63, 3.8) is 0 Å². The predicted molar refractivity (Wildman–Crippen MR) is 74.8 cm³/mol. The Kier molecular flexibility index (Phi) is 5.70. The maximum atomic E-state index is 11.4. The Bertz CT molecular complexity index is 471. The van der Waals surface area contributed by atoms with Crippen LogP contribution in [0.1, 0.15) is 34.6 Å². The largest absolute Gasteiger partial charge is 0.456 e. The monoisotopic (exact) mass is 331 g/mol. The second-order valence-electron chi connectivity index (χ2n) is 5.57. The average Bonchev–Trinajstić information content (AvgIpc) is 2.51. The van der Waals surface area contributed by atoms with E-state index < -0.39 is 53.8 Å². The lowest BCUT2D eigenvalue weighted by molar-refractivity contribution is -0.180. The molecule has 1 rings (SSSR count). The Labute approximate surface area is 133 Å². The maximum Gasteiger partial charge on any atom is 0.303 e. The van der Waals surface area contributed by atoms with Gasteiger partial charge in [0.15, 0.2) is 24.4 Å². The minimum atomic E-state index is -1.43. The summed E-state index contributed by atoms with van der Waals surface area (Å²) in [4.78, 5) is 45.4. The lowest BCUT2D eigenvalue weighted by Crippen LogP contribution is -2.56. The average molecular weight is 331 g/mol. The van der Waals surface area contributed by atoms with E-state index in [1.54, 1.807) is 0 Å². The second-order valence-corrected chi connectivity index (χ2v) is 5.57. The molecule has 5 atom stereocenters. The molecule has 1 aliphatic carbocycles. The second kappa shape index (κ2) is 6.95. The van der Waals surface area contributed by atoms with Crippen molar-refractivity contribution in [1.82, 2.24) is 0 Å². The van der Waals surface area contributed by atoms with Gasteiger partial charge >= 0.3 is 23.9 Å². The fourth-order valence-corrected chi connectivity index (χ4v) is 2.60. The molecule has 1 unspecified atom stereocenters. The summed E-state index contributed by atoms with van der Waals surface area (Å²) in [5.74, 6) is -2.73. The zero-order valence-electron chi connectivity index (χ0n) is 13.7. The fraction of sp³-hybridized carbons (Fsp3) is 0.714. The highest BCUT2D eigenvalue weighted by atomic mass is 16.6. The van der Waals surface area contributed by atoms with Crippen LogP contribution in [0.5, 0.6) is 0 Å². The highest BCUT2D eigenvalue weighted by Gasteiger charge is 2.63. The third-order valence-electron chi connectivity index (χ3n) is 3.34. The topological polar surface area (TPSA) is 131 Å². The van der Waals surface area contributed by atoms with Gasteiger partial charge in [0.05, 0.1) is 5.54 Å². The van der Waals surface area contributed by atoms with Crippen molar-refractivity contribution in [3.05, 3.63) is 0 Å². The molecule has 0 aromatic carbocycles. The highest BCUT2D eigenvalue weighted by molar-refractivity contribution is 5.70. The molecule has 0 radical (unpaired) electrons. The van der Waals surface area contributed by atoms with Gasteiger partial charge < -0.3 is 24.7 Å². The first-order valence-electron chi connectivity index (χ1n) is 6.94. The summed E-state index contributed by atoms with van der Waals surface area (Å²) in [6.07, 6.45) is -4.70. The summed E-state index contributed by atoms with van der Waals surface area (Å²) < 4.78 is 20.5. The van der Waals surface area contributed by atoms with Crippen LogP contribution in [-0.2, 0) is 38.1 Å². The van der Waals surface area contributed by atoms with Crippen LogP contribution in [0.2, 0.25) is 0 Å². The van der Waals surface area contributed by atoms with E-state index in [2.05, 4.69) is 0 Å². The first-order valence-corrected chi connectivity index (χ1v) is 6.94. The van der Waals surface area contributed by atoms with Gasteiger partial charge in [-0.3, -0.25) is 19.2 Å². The van der Waals surface area contributed by atoms with Crippen molar-refractivity contribution in [3.8, 4) is 0 Å². The van der Waals surface area contributed by atoms with E-state index in [4.69, 9.17) is 24.7 Å². The number of ether oxygens (including phenoxy) is 4. The third-order valence-corrected chi connectivity index (χ3v) is 3.34. The lowest BCUT2D eigenvalue weighted by atomic mass is 9.96. The van der Waals surface area contributed by atoms with E-state index in [-0.39, 0.29) is 0 Å². The first kappa shape index (κ1) is 18.9. The Balaban J connectivity index is 3.30. The molecule has 23 heavy (non-hydrogen) atoms. The van der Waals surface area contributed by atoms with Crippen LogP contribution in [0.4, 0.5) is 0 Å². The van der Waals surface area contributed by atoms with Crippen LogP contribution in [-0.4, -0.2) is 53.8 Å². The summed E-state index contributed by atoms with van der Waals surface area (Å²) in [5.41, 5.74) is 4.73. The number of hydrogen-bond acceptors (Lipinski definition) is 9. The quantitative estimate of drug-likeness (QED) is 0.532. The van der Waals surface area contributed by atoms with Crippen molar-refractivity contribution in [1.29, 1.82) is 0 Å². The molecular weight excluding hydrogens is 310 g/mol. The molecule has 0 saturated heterocycles. The SMILES string of the molecule is CC(=O)O[C@@H]1[C@H](OC(C)=O)[C@H](OC(C)=O)C(C)(N)[C@@H]1OC(C)=O. The van der Waals surface area contributed by atoms with Gasteiger partial charge in [0.1, 0.15) is 0 Å². The number of carbonyl (C=O) groups is 4. The Morgan fingerprint density at radius 3 is 1.17 bits per heavy atom. The molecule has 9 heteroatoms. The van der Waals surface area contributed by atoms with Gasteiger partial charge in [-0.2, -0.15) is 0 Å². The molecule has 0 bridgehead atoms. The Morgan fingerprint density at radius 2 is 0.957 bits per heavy atom. The molecule has 0 aromatic heterocycles. The minimum Gasteiger partial charge on any atom is -0.456 e. The van der Waals surface area contributed by atoms with E-state index in [0.29, 0.717) is 0 Å². The normalized spacial score (nSPS) is 32.8. The number of carbonyl (C=O) groups excluding carboxylic acids is 4. The van der Waals surface area contributed by atoms with E-state index in [1.807, 2.05) is 0 Å². The summed E-state index contributed by atoms with van der Waals surface area (Å²) in [5, 5.41) is 0.